The Bertz CT molecular complexity index is 1690. The number of carboxylic acids is 2. The topological polar surface area (TPSA) is 183 Å². The van der Waals surface area contributed by atoms with Gasteiger partial charge in [-0.1, -0.05) is 40.3 Å². The van der Waals surface area contributed by atoms with Crippen LogP contribution in [0.3, 0.4) is 0 Å². The van der Waals surface area contributed by atoms with E-state index in [4.69, 9.17) is 33.1 Å². The molecule has 0 radical (unpaired) electrons. The van der Waals surface area contributed by atoms with Crippen molar-refractivity contribution in [2.24, 2.45) is 0 Å². The normalized spacial score (nSPS) is 17.9. The molecule has 0 aliphatic carbocycles. The van der Waals surface area contributed by atoms with Crippen molar-refractivity contribution in [2.75, 3.05) is 17.3 Å². The van der Waals surface area contributed by atoms with E-state index < -0.39 is 35.4 Å². The van der Waals surface area contributed by atoms with Gasteiger partial charge in [-0.3, -0.25) is 14.5 Å². The SMILES string of the molecule is O=C(CSc1cc(Cl)nc(Cl)c1)N[C@@H]1C(=O)N2C(C(=O)O)=C(/C=C/CSc3nccc4nc[nH][n+]34)CSC12.O=C(O)C(F)(F)F. The number of pyridine rings is 1. The lowest BCUT2D eigenvalue weighted by Gasteiger charge is -2.49. The van der Waals surface area contributed by atoms with Gasteiger partial charge >= 0.3 is 23.3 Å². The number of nitrogens with one attached hydrogen (secondary N) is 2. The fourth-order valence-corrected chi connectivity index (χ4v) is 7.28. The predicted octanol–water partition coefficient (Wildman–Crippen LogP) is 3.06. The first-order valence-electron chi connectivity index (χ1n) is 12.2. The lowest BCUT2D eigenvalue weighted by Crippen LogP contribution is -2.70. The molecule has 2 aliphatic heterocycles. The molecule has 238 valence electrons. The number of alkyl halides is 3. The number of aromatic amines is 1. The average Bonchev–Trinajstić information content (AvgIpc) is 3.46. The number of fused-ring (bicyclic) bond motifs is 2. The molecule has 0 aromatic carbocycles. The standard InChI is InChI=1S/C22H17Cl2N7O4S3.C2HF3O2/c23-13-6-12(7-14(24)28-13)37-9-16(32)29-17-19(33)30-18(21(34)35)11(8-38-20(17)30)2-1-5-36-22-25-4-3-15-26-10-27-31(15)22;3-2(4,5)1(6)7/h1-4,6-7,10,17,20H,5,8-9H2,(H2,29,32,34,35);(H,6,7)/p+1/b2-1+;/t17-,20?;/m1./s1. The van der Waals surface area contributed by atoms with Crippen molar-refractivity contribution in [3.05, 3.63) is 64.5 Å². The molecule has 21 heteroatoms. The van der Waals surface area contributed by atoms with Gasteiger partial charge in [0.05, 0.1) is 11.8 Å². The zero-order chi connectivity index (χ0) is 32.9. The smallest absolute Gasteiger partial charge is 0.477 e. The third-order valence-corrected chi connectivity index (χ3v) is 9.28. The number of rotatable bonds is 9. The molecule has 1 fully saturated rings. The number of β-lactam (4-membered cyclic amide) rings is 1. The van der Waals surface area contributed by atoms with E-state index in [0.717, 1.165) is 5.65 Å². The highest BCUT2D eigenvalue weighted by atomic mass is 35.5. The predicted molar refractivity (Wildman–Crippen MR) is 158 cm³/mol. The minimum absolute atomic E-state index is 0.0323. The number of aliphatic carboxylic acids is 2. The number of nitrogens with zero attached hydrogens (tertiary/aromatic N) is 5. The summed E-state index contributed by atoms with van der Waals surface area (Å²) in [7, 11) is 0. The number of carboxylic acid groups (broad SMARTS) is 2. The molecule has 0 spiro atoms. The molecule has 3 aromatic heterocycles. The average molecular weight is 726 g/mol. The van der Waals surface area contributed by atoms with Crippen LogP contribution in [0.4, 0.5) is 13.2 Å². The minimum Gasteiger partial charge on any atom is -0.477 e. The van der Waals surface area contributed by atoms with Gasteiger partial charge in [0.2, 0.25) is 5.91 Å². The maximum absolute atomic E-state index is 12.9. The Labute approximate surface area is 273 Å². The number of hydrogen-bond donors (Lipinski definition) is 4. The number of halogens is 5. The largest absolute Gasteiger partial charge is 0.490 e. The Morgan fingerprint density at radius 2 is 1.89 bits per heavy atom. The van der Waals surface area contributed by atoms with Crippen LogP contribution in [-0.2, 0) is 19.2 Å². The number of H-pyrrole nitrogens is 1. The second-order valence-electron chi connectivity index (χ2n) is 8.70. The highest BCUT2D eigenvalue weighted by molar-refractivity contribution is 8.00. The summed E-state index contributed by atoms with van der Waals surface area (Å²) in [6.07, 6.45) is 1.71. The van der Waals surface area contributed by atoms with E-state index in [-0.39, 0.29) is 27.7 Å². The van der Waals surface area contributed by atoms with Gasteiger partial charge in [0.1, 0.15) is 33.6 Å². The van der Waals surface area contributed by atoms with E-state index in [1.807, 2.05) is 6.08 Å². The third kappa shape index (κ3) is 8.60. The fourth-order valence-electron chi connectivity index (χ4n) is 3.85. The Kier molecular flexibility index (Phi) is 11.2. The summed E-state index contributed by atoms with van der Waals surface area (Å²) in [4.78, 5) is 60.6. The van der Waals surface area contributed by atoms with Crippen molar-refractivity contribution in [1.29, 1.82) is 0 Å². The zero-order valence-corrected chi connectivity index (χ0v) is 26.2. The third-order valence-electron chi connectivity index (χ3n) is 5.71. The first-order chi connectivity index (χ1) is 21.3. The van der Waals surface area contributed by atoms with Crippen molar-refractivity contribution in [1.82, 2.24) is 30.3 Å². The number of carbonyl (C=O) groups is 4. The van der Waals surface area contributed by atoms with E-state index in [0.29, 0.717) is 27.1 Å². The van der Waals surface area contributed by atoms with Crippen LogP contribution in [0.2, 0.25) is 10.3 Å². The maximum Gasteiger partial charge on any atom is 0.490 e. The number of aromatic nitrogens is 5. The lowest BCUT2D eigenvalue weighted by molar-refractivity contribution is -0.622. The zero-order valence-electron chi connectivity index (χ0n) is 22.2. The van der Waals surface area contributed by atoms with Crippen LogP contribution in [0, 0.1) is 0 Å². The number of allylic oxidation sites excluding steroid dienone is 1. The Morgan fingerprint density at radius 1 is 1.20 bits per heavy atom. The number of carbonyl (C=O) groups excluding carboxylic acids is 2. The monoisotopic (exact) mass is 724 g/mol. The van der Waals surface area contributed by atoms with Gasteiger partial charge in [-0.25, -0.2) is 19.7 Å². The van der Waals surface area contributed by atoms with Gasteiger partial charge in [-0.15, -0.1) is 33.0 Å². The van der Waals surface area contributed by atoms with Crippen LogP contribution in [0.1, 0.15) is 0 Å². The van der Waals surface area contributed by atoms with Crippen molar-refractivity contribution in [3.63, 3.8) is 0 Å². The molecule has 1 unspecified atom stereocenters. The molecular weight excluding hydrogens is 706 g/mol. The van der Waals surface area contributed by atoms with Crippen LogP contribution >= 0.6 is 58.5 Å². The van der Waals surface area contributed by atoms with E-state index in [1.165, 1.54) is 40.2 Å². The molecule has 5 rings (SSSR count). The van der Waals surface area contributed by atoms with Crippen LogP contribution < -0.4 is 9.83 Å². The molecule has 0 saturated carbocycles. The summed E-state index contributed by atoms with van der Waals surface area (Å²) in [5.74, 6) is -3.82. The summed E-state index contributed by atoms with van der Waals surface area (Å²) in [5, 5.41) is 23.3. The second kappa shape index (κ2) is 14.7. The van der Waals surface area contributed by atoms with Crippen molar-refractivity contribution < 1.29 is 47.1 Å². The number of thioether (sulfide) groups is 3. The van der Waals surface area contributed by atoms with Crippen molar-refractivity contribution in [3.8, 4) is 0 Å². The van der Waals surface area contributed by atoms with Crippen LogP contribution in [0.15, 0.2) is 64.2 Å². The number of amides is 2. The molecule has 2 atom stereocenters. The van der Waals surface area contributed by atoms with Gasteiger partial charge in [0.15, 0.2) is 6.33 Å². The molecular formula is C24H19Cl2F3N7O6S3+. The Morgan fingerprint density at radius 3 is 2.53 bits per heavy atom. The molecule has 2 amide bonds. The second-order valence-corrected chi connectivity index (χ2v) is 12.6. The van der Waals surface area contributed by atoms with Gasteiger partial charge in [0.25, 0.3) is 11.6 Å². The summed E-state index contributed by atoms with van der Waals surface area (Å²) in [6, 6.07) is 4.15. The molecule has 45 heavy (non-hydrogen) atoms. The molecule has 5 heterocycles. The highest BCUT2D eigenvalue weighted by Gasteiger charge is 2.53. The van der Waals surface area contributed by atoms with E-state index in [2.05, 4.69) is 25.4 Å². The summed E-state index contributed by atoms with van der Waals surface area (Å²) in [6.45, 7) is 0. The van der Waals surface area contributed by atoms with Crippen LogP contribution in [-0.4, -0.2) is 93.8 Å². The molecule has 2 aliphatic rings. The molecule has 3 aromatic rings. The number of hydrogen-bond acceptors (Lipinski definition) is 10. The summed E-state index contributed by atoms with van der Waals surface area (Å²) >= 11 is 15.8. The van der Waals surface area contributed by atoms with Gasteiger partial charge in [0, 0.05) is 16.4 Å². The first-order valence-corrected chi connectivity index (χ1v) is 16.0. The summed E-state index contributed by atoms with van der Waals surface area (Å²) in [5.41, 5.74) is 1.20. The van der Waals surface area contributed by atoms with Gasteiger partial charge in [-0.05, 0) is 29.5 Å². The van der Waals surface area contributed by atoms with Crippen molar-refractivity contribution in [2.45, 2.75) is 27.6 Å². The minimum atomic E-state index is -5.08. The first kappa shape index (κ1) is 34.4. The Hall–Kier alpha value is -3.52. The fraction of sp³-hybridized carbons (Fsp3) is 0.250. The van der Waals surface area contributed by atoms with E-state index in [1.54, 1.807) is 41.3 Å². The molecule has 13 nitrogen and oxygen atoms in total. The summed E-state index contributed by atoms with van der Waals surface area (Å²) < 4.78 is 33.5. The van der Waals surface area contributed by atoms with E-state index >= 15 is 0 Å². The maximum atomic E-state index is 12.9. The van der Waals surface area contributed by atoms with Gasteiger partial charge in [-0.2, -0.15) is 13.2 Å². The van der Waals surface area contributed by atoms with Crippen LogP contribution in [0.25, 0.3) is 5.65 Å². The lowest BCUT2D eigenvalue weighted by atomic mass is 10.0. The van der Waals surface area contributed by atoms with Gasteiger partial charge < -0.3 is 15.5 Å². The quantitative estimate of drug-likeness (QED) is 0.0834. The van der Waals surface area contributed by atoms with Crippen molar-refractivity contribution >= 4 is 87.9 Å². The molecule has 1 saturated heterocycles. The van der Waals surface area contributed by atoms with Crippen LogP contribution in [0.5, 0.6) is 0 Å². The molecule has 4 N–H and O–H groups in total. The molecule has 0 bridgehead atoms. The Balaban J connectivity index is 0.000000591. The van der Waals surface area contributed by atoms with E-state index in [9.17, 15) is 32.7 Å². The highest BCUT2D eigenvalue weighted by Crippen LogP contribution is 2.40.